The molecule has 3 saturated heterocycles. The number of aliphatic hydroxyl groups is 1. The zero-order chi connectivity index (χ0) is 27.7. The van der Waals surface area contributed by atoms with Gasteiger partial charge in [0, 0.05) is 22.2 Å². The van der Waals surface area contributed by atoms with Crippen molar-refractivity contribution in [1.82, 2.24) is 9.80 Å². The summed E-state index contributed by atoms with van der Waals surface area (Å²) in [5.74, 6) is -2.07. The number of fused-ring (bicyclic) bond motifs is 1. The standard InChI is InChI=1S/C28H43BrN2O5S/c1-8-11-12-14-36-26(35)20-21-24(33)31(19(16-32)17(4)10-3)23(28(21)15-18(29)22(20)37-28)25(34)30(13-9-2)27(5,6)7/h8-9,17-23,32H,1-2,10-16H2,3-7H3/t17-,18?,19-,20-,21-,22-,23?,28?/m0/s1. The van der Waals surface area contributed by atoms with E-state index in [9.17, 15) is 19.5 Å². The van der Waals surface area contributed by atoms with Crippen LogP contribution >= 0.6 is 27.7 Å². The summed E-state index contributed by atoms with van der Waals surface area (Å²) in [5.41, 5.74) is -0.502. The summed E-state index contributed by atoms with van der Waals surface area (Å²) in [6, 6.07) is -1.31. The minimum Gasteiger partial charge on any atom is -0.465 e. The first-order valence-electron chi connectivity index (χ1n) is 13.4. The SMILES string of the molecule is C=CCCCOC(=O)[C@H]1[C@H]2C(=O)N([C@@H](CO)[C@@H](C)CC)C(C(=O)N(CC=C)C(C)(C)C)C23CC(Br)[C@@H]1S3. The van der Waals surface area contributed by atoms with Crippen molar-refractivity contribution in [2.24, 2.45) is 17.8 Å². The van der Waals surface area contributed by atoms with Crippen molar-refractivity contribution in [2.45, 2.75) is 92.7 Å². The van der Waals surface area contributed by atoms with Crippen LogP contribution in [-0.4, -0.2) is 84.9 Å². The lowest BCUT2D eigenvalue weighted by molar-refractivity contribution is -0.155. The van der Waals surface area contributed by atoms with Gasteiger partial charge in [0.05, 0.1) is 35.8 Å². The number of alkyl halides is 1. The first kappa shape index (κ1) is 30.2. The molecule has 2 bridgehead atoms. The van der Waals surface area contributed by atoms with E-state index in [1.165, 1.54) is 0 Å². The number of unbranched alkanes of at least 4 members (excludes halogenated alkanes) is 1. The highest BCUT2D eigenvalue weighted by atomic mass is 79.9. The summed E-state index contributed by atoms with van der Waals surface area (Å²) < 4.78 is 4.88. The van der Waals surface area contributed by atoms with Crippen LogP contribution in [-0.2, 0) is 19.1 Å². The fourth-order valence-corrected chi connectivity index (χ4v) is 9.84. The van der Waals surface area contributed by atoms with Gasteiger partial charge in [0.15, 0.2) is 0 Å². The van der Waals surface area contributed by atoms with Crippen LogP contribution in [0.4, 0.5) is 0 Å². The highest BCUT2D eigenvalue weighted by Gasteiger charge is 2.77. The lowest BCUT2D eigenvalue weighted by Crippen LogP contribution is -2.61. The van der Waals surface area contributed by atoms with E-state index < -0.39 is 34.2 Å². The third kappa shape index (κ3) is 5.29. The predicted octanol–water partition coefficient (Wildman–Crippen LogP) is 4.18. The van der Waals surface area contributed by atoms with Crippen LogP contribution in [0.2, 0.25) is 0 Å². The van der Waals surface area contributed by atoms with Gasteiger partial charge in [-0.2, -0.15) is 0 Å². The average molecular weight is 600 g/mol. The molecule has 9 heteroatoms. The summed E-state index contributed by atoms with van der Waals surface area (Å²) in [6.07, 6.45) is 6.25. The second-order valence-electron chi connectivity index (χ2n) is 11.6. The number of halogens is 1. The van der Waals surface area contributed by atoms with E-state index in [0.29, 0.717) is 19.4 Å². The van der Waals surface area contributed by atoms with Gasteiger partial charge in [-0.3, -0.25) is 14.4 Å². The number of likely N-dealkylation sites (tertiary alicyclic amines) is 1. The zero-order valence-corrected chi connectivity index (χ0v) is 25.2. The first-order valence-corrected chi connectivity index (χ1v) is 15.2. The number of hydrogen-bond donors (Lipinski definition) is 1. The Morgan fingerprint density at radius 3 is 2.57 bits per heavy atom. The van der Waals surface area contributed by atoms with Crippen molar-refractivity contribution < 1.29 is 24.2 Å². The highest BCUT2D eigenvalue weighted by Crippen LogP contribution is 2.68. The second-order valence-corrected chi connectivity index (χ2v) is 14.3. The smallest absolute Gasteiger partial charge is 0.310 e. The van der Waals surface area contributed by atoms with E-state index in [0.717, 1.165) is 12.8 Å². The molecule has 1 N–H and O–H groups in total. The Morgan fingerprint density at radius 2 is 2.03 bits per heavy atom. The molecule has 7 nitrogen and oxygen atoms in total. The quantitative estimate of drug-likeness (QED) is 0.157. The Kier molecular flexibility index (Phi) is 9.66. The van der Waals surface area contributed by atoms with Crippen molar-refractivity contribution >= 4 is 45.5 Å². The molecule has 0 aliphatic carbocycles. The van der Waals surface area contributed by atoms with E-state index in [1.807, 2.05) is 34.6 Å². The molecule has 3 fully saturated rings. The molecule has 8 atom stereocenters. The van der Waals surface area contributed by atoms with Gasteiger partial charge >= 0.3 is 5.97 Å². The Hall–Kier alpha value is -1.32. The Balaban J connectivity index is 2.10. The van der Waals surface area contributed by atoms with Crippen LogP contribution in [0.3, 0.4) is 0 Å². The number of amides is 2. The Bertz CT molecular complexity index is 907. The van der Waals surface area contributed by atoms with Gasteiger partial charge in [-0.25, -0.2) is 0 Å². The van der Waals surface area contributed by atoms with Crippen LogP contribution in [0.5, 0.6) is 0 Å². The summed E-state index contributed by atoms with van der Waals surface area (Å²) in [7, 11) is 0. The molecule has 0 radical (unpaired) electrons. The highest BCUT2D eigenvalue weighted by molar-refractivity contribution is 9.09. The summed E-state index contributed by atoms with van der Waals surface area (Å²) in [6.45, 7) is 17.9. The second kappa shape index (κ2) is 11.8. The number of esters is 1. The van der Waals surface area contributed by atoms with E-state index in [-0.39, 0.29) is 47.0 Å². The maximum Gasteiger partial charge on any atom is 0.310 e. The van der Waals surface area contributed by atoms with Crippen LogP contribution in [0.1, 0.15) is 60.3 Å². The molecular weight excluding hydrogens is 556 g/mol. The topological polar surface area (TPSA) is 87.1 Å². The average Bonchev–Trinajstić information content (AvgIpc) is 3.43. The normalized spacial score (nSPS) is 32.1. The minimum atomic E-state index is -0.788. The zero-order valence-electron chi connectivity index (χ0n) is 22.8. The number of aliphatic hydroxyl groups excluding tert-OH is 1. The van der Waals surface area contributed by atoms with Crippen molar-refractivity contribution in [3.05, 3.63) is 25.3 Å². The number of carbonyl (C=O) groups excluding carboxylic acids is 3. The molecule has 0 aromatic rings. The van der Waals surface area contributed by atoms with Crippen molar-refractivity contribution in [3.63, 3.8) is 0 Å². The van der Waals surface area contributed by atoms with Gasteiger partial charge in [0.25, 0.3) is 0 Å². The summed E-state index contributed by atoms with van der Waals surface area (Å²) in [4.78, 5) is 45.6. The molecule has 1 spiro atoms. The number of nitrogens with zero attached hydrogens (tertiary/aromatic N) is 2. The van der Waals surface area contributed by atoms with E-state index in [2.05, 4.69) is 29.1 Å². The molecule has 0 aromatic carbocycles. The number of thioether (sulfide) groups is 1. The molecule has 3 heterocycles. The van der Waals surface area contributed by atoms with E-state index >= 15 is 0 Å². The predicted molar refractivity (Wildman–Crippen MR) is 151 cm³/mol. The Morgan fingerprint density at radius 1 is 1.35 bits per heavy atom. The molecule has 2 amide bonds. The lowest BCUT2D eigenvalue weighted by atomic mass is 9.71. The van der Waals surface area contributed by atoms with Gasteiger partial charge in [-0.05, 0) is 46.0 Å². The third-order valence-corrected chi connectivity index (χ3v) is 11.5. The van der Waals surface area contributed by atoms with Crippen molar-refractivity contribution in [1.29, 1.82) is 0 Å². The monoisotopic (exact) mass is 598 g/mol. The van der Waals surface area contributed by atoms with Gasteiger partial charge in [0.1, 0.15) is 6.04 Å². The largest absolute Gasteiger partial charge is 0.465 e. The van der Waals surface area contributed by atoms with Crippen LogP contribution in [0.25, 0.3) is 0 Å². The molecule has 37 heavy (non-hydrogen) atoms. The van der Waals surface area contributed by atoms with Crippen LogP contribution in [0.15, 0.2) is 25.3 Å². The maximum absolute atomic E-state index is 14.5. The van der Waals surface area contributed by atoms with E-state index in [4.69, 9.17) is 4.74 Å². The summed E-state index contributed by atoms with van der Waals surface area (Å²) in [5, 5.41) is 10.3. The molecule has 0 aromatic heterocycles. The number of carbonyl (C=O) groups is 3. The van der Waals surface area contributed by atoms with Crippen LogP contribution in [0, 0.1) is 17.8 Å². The Labute approximate surface area is 234 Å². The molecule has 3 aliphatic rings. The number of hydrogen-bond acceptors (Lipinski definition) is 6. The number of rotatable bonds is 12. The van der Waals surface area contributed by atoms with Gasteiger partial charge in [0.2, 0.25) is 11.8 Å². The molecular formula is C28H43BrN2O5S. The fraction of sp³-hybridized carbons (Fsp3) is 0.750. The fourth-order valence-electron chi connectivity index (χ4n) is 6.26. The molecule has 3 aliphatic heterocycles. The van der Waals surface area contributed by atoms with Gasteiger partial charge in [-0.15, -0.1) is 24.9 Å². The number of ether oxygens (including phenoxy) is 1. The summed E-state index contributed by atoms with van der Waals surface area (Å²) >= 11 is 5.38. The molecule has 0 saturated carbocycles. The van der Waals surface area contributed by atoms with Crippen LogP contribution < -0.4 is 0 Å². The first-order chi connectivity index (χ1) is 17.4. The van der Waals surface area contributed by atoms with Gasteiger partial charge in [-0.1, -0.05) is 48.4 Å². The molecule has 208 valence electrons. The minimum absolute atomic E-state index is 0.0201. The van der Waals surface area contributed by atoms with Crippen molar-refractivity contribution in [3.8, 4) is 0 Å². The van der Waals surface area contributed by atoms with E-state index in [1.54, 1.807) is 33.7 Å². The number of allylic oxidation sites excluding steroid dienone is 1. The maximum atomic E-state index is 14.5. The third-order valence-electron chi connectivity index (χ3n) is 8.26. The van der Waals surface area contributed by atoms with Crippen molar-refractivity contribution in [2.75, 3.05) is 19.8 Å². The molecule has 3 unspecified atom stereocenters. The van der Waals surface area contributed by atoms with Gasteiger partial charge < -0.3 is 19.6 Å². The lowest BCUT2D eigenvalue weighted by Gasteiger charge is -2.44. The molecule has 3 rings (SSSR count).